The fourth-order valence-electron chi connectivity index (χ4n) is 7.65. The van der Waals surface area contributed by atoms with Gasteiger partial charge in [-0.15, -0.1) is 0 Å². The highest BCUT2D eigenvalue weighted by Gasteiger charge is 2.73. The van der Waals surface area contributed by atoms with E-state index in [1.807, 2.05) is 20.8 Å². The van der Waals surface area contributed by atoms with Crippen LogP contribution in [-0.4, -0.2) is 84.7 Å². The third-order valence-electron chi connectivity index (χ3n) is 10.3. The molecule has 13 heteroatoms. The normalized spacial score (nSPS) is 33.3. The van der Waals surface area contributed by atoms with Crippen molar-refractivity contribution in [1.29, 1.82) is 0 Å². The first-order chi connectivity index (χ1) is 21.4. The molecule has 0 aromatic rings. The van der Waals surface area contributed by atoms with Crippen molar-refractivity contribution in [3.63, 3.8) is 0 Å². The van der Waals surface area contributed by atoms with E-state index in [2.05, 4.69) is 0 Å². The quantitative estimate of drug-likeness (QED) is 0.241. The molecule has 13 nitrogen and oxygen atoms in total. The van der Waals surface area contributed by atoms with E-state index in [0.29, 0.717) is 12.0 Å². The molecule has 1 aliphatic heterocycles. The number of hydrogen-bond donors (Lipinski definition) is 1. The standard InChI is InChI=1S/C33H48O13/c1-9-18(2)30(39)46-25-10-11-32(40,16-42-20(4)34)33(17-43-21(5)35)27(45-23(7)37)12-19(3)31(8,29(25)33)14-26(44-22(6)36)24-13-28(38)41-15-24/h13,18-19,25-27,29,40H,9-12,14-17H2,1-8H3/t18-,19+,25+,26-,27-,29+,31-,32-,33+/m0/s1. The molecule has 0 unspecified atom stereocenters. The number of rotatable bonds is 12. The number of esters is 6. The lowest BCUT2D eigenvalue weighted by molar-refractivity contribution is -0.307. The highest BCUT2D eigenvalue weighted by atomic mass is 16.6. The topological polar surface area (TPSA) is 178 Å². The number of aliphatic hydroxyl groups is 1. The van der Waals surface area contributed by atoms with Crippen molar-refractivity contribution in [2.75, 3.05) is 19.8 Å². The van der Waals surface area contributed by atoms with Gasteiger partial charge >= 0.3 is 35.8 Å². The van der Waals surface area contributed by atoms with Gasteiger partial charge in [0.15, 0.2) is 0 Å². The van der Waals surface area contributed by atoms with Crippen LogP contribution in [0.15, 0.2) is 11.6 Å². The average molecular weight is 653 g/mol. The molecule has 0 spiro atoms. The zero-order chi connectivity index (χ0) is 34.6. The van der Waals surface area contributed by atoms with Crippen molar-refractivity contribution in [2.45, 2.75) is 111 Å². The summed E-state index contributed by atoms with van der Waals surface area (Å²) in [5.41, 5.74) is -4.17. The molecular weight excluding hydrogens is 604 g/mol. The number of carbonyl (C=O) groups is 6. The number of carbonyl (C=O) groups excluding carboxylic acids is 6. The van der Waals surface area contributed by atoms with E-state index in [1.54, 1.807) is 6.92 Å². The molecule has 46 heavy (non-hydrogen) atoms. The predicted octanol–water partition coefficient (Wildman–Crippen LogP) is 2.98. The second-order valence-electron chi connectivity index (χ2n) is 13.3. The van der Waals surface area contributed by atoms with Crippen molar-refractivity contribution >= 4 is 35.8 Å². The van der Waals surface area contributed by atoms with Crippen LogP contribution in [0, 0.1) is 28.6 Å². The Morgan fingerprint density at radius 1 is 1.00 bits per heavy atom. The molecule has 0 aromatic carbocycles. The van der Waals surface area contributed by atoms with Crippen LogP contribution >= 0.6 is 0 Å². The van der Waals surface area contributed by atoms with Crippen molar-refractivity contribution in [3.05, 3.63) is 11.6 Å². The van der Waals surface area contributed by atoms with Gasteiger partial charge in [-0.2, -0.15) is 0 Å². The summed E-state index contributed by atoms with van der Waals surface area (Å²) in [6.07, 6.45) is -0.825. The number of hydrogen-bond acceptors (Lipinski definition) is 13. The maximum absolute atomic E-state index is 13.4. The molecule has 3 aliphatic rings. The SMILES string of the molecule is CC[C@H](C)C(=O)O[C@@H]1CC[C@](O)(COC(C)=O)[C@]2(COC(C)=O)[C@@H](OC(C)=O)C[C@@H](C)[C@](C)(C[C@H](OC(C)=O)C3=CC(=O)OC3)[C@@H]12. The van der Waals surface area contributed by atoms with E-state index < -0.39 is 95.6 Å². The van der Waals surface area contributed by atoms with Gasteiger partial charge in [0.05, 0.1) is 11.3 Å². The largest absolute Gasteiger partial charge is 0.465 e. The van der Waals surface area contributed by atoms with Crippen LogP contribution in [0.1, 0.15) is 87.5 Å². The highest BCUT2D eigenvalue weighted by Crippen LogP contribution is 2.66. The van der Waals surface area contributed by atoms with Gasteiger partial charge in [-0.05, 0) is 43.4 Å². The molecule has 2 aliphatic carbocycles. The van der Waals surface area contributed by atoms with Gasteiger partial charge in [-0.25, -0.2) is 4.79 Å². The van der Waals surface area contributed by atoms with E-state index in [-0.39, 0.29) is 38.2 Å². The van der Waals surface area contributed by atoms with Gasteiger partial charge in [0.2, 0.25) is 0 Å². The van der Waals surface area contributed by atoms with Crippen molar-refractivity contribution in [3.8, 4) is 0 Å². The summed E-state index contributed by atoms with van der Waals surface area (Å²) in [5.74, 6) is -5.36. The fraction of sp³-hybridized carbons (Fsp3) is 0.758. The maximum Gasteiger partial charge on any atom is 0.331 e. The third kappa shape index (κ3) is 7.56. The van der Waals surface area contributed by atoms with Crippen molar-refractivity contribution in [1.82, 2.24) is 0 Å². The third-order valence-corrected chi connectivity index (χ3v) is 10.3. The number of fused-ring (bicyclic) bond motifs is 1. The monoisotopic (exact) mass is 652 g/mol. The lowest BCUT2D eigenvalue weighted by Crippen LogP contribution is -2.75. The minimum atomic E-state index is -1.93. The van der Waals surface area contributed by atoms with E-state index in [1.165, 1.54) is 33.8 Å². The van der Waals surface area contributed by atoms with E-state index >= 15 is 0 Å². The zero-order valence-corrected chi connectivity index (χ0v) is 28.0. The molecular formula is C33H48O13. The first-order valence-electron chi connectivity index (χ1n) is 15.8. The lowest BCUT2D eigenvalue weighted by atomic mass is 9.41. The minimum absolute atomic E-state index is 0.0560. The predicted molar refractivity (Wildman–Crippen MR) is 159 cm³/mol. The van der Waals surface area contributed by atoms with Gasteiger partial charge in [-0.3, -0.25) is 24.0 Å². The molecule has 0 saturated heterocycles. The average Bonchev–Trinajstić information content (AvgIpc) is 3.40. The molecule has 0 amide bonds. The first kappa shape index (κ1) is 37.0. The Morgan fingerprint density at radius 2 is 1.63 bits per heavy atom. The van der Waals surface area contributed by atoms with Gasteiger partial charge in [-0.1, -0.05) is 27.7 Å². The van der Waals surface area contributed by atoms with Crippen molar-refractivity contribution in [2.24, 2.45) is 28.6 Å². The Kier molecular flexibility index (Phi) is 11.7. The summed E-state index contributed by atoms with van der Waals surface area (Å²) in [6.45, 7) is 11.2. The summed E-state index contributed by atoms with van der Waals surface area (Å²) >= 11 is 0. The summed E-state index contributed by atoms with van der Waals surface area (Å²) < 4.78 is 34.1. The molecule has 2 fully saturated rings. The Balaban J connectivity index is 2.35. The van der Waals surface area contributed by atoms with E-state index in [9.17, 15) is 33.9 Å². The molecule has 0 bridgehead atoms. The summed E-state index contributed by atoms with van der Waals surface area (Å²) in [6, 6.07) is 0. The molecule has 0 radical (unpaired) electrons. The molecule has 258 valence electrons. The maximum atomic E-state index is 13.4. The Labute approximate surface area is 269 Å². The minimum Gasteiger partial charge on any atom is -0.465 e. The second-order valence-corrected chi connectivity index (χ2v) is 13.3. The highest BCUT2D eigenvalue weighted by molar-refractivity contribution is 5.85. The Morgan fingerprint density at radius 3 is 2.15 bits per heavy atom. The van der Waals surface area contributed by atoms with Gasteiger partial charge in [0.25, 0.3) is 0 Å². The first-order valence-corrected chi connectivity index (χ1v) is 15.8. The van der Waals surface area contributed by atoms with Crippen LogP contribution in [0.4, 0.5) is 0 Å². The number of cyclic esters (lactones) is 1. The second kappa shape index (κ2) is 14.5. The lowest BCUT2D eigenvalue weighted by Gasteiger charge is -2.67. The summed E-state index contributed by atoms with van der Waals surface area (Å²) in [4.78, 5) is 74.8. The van der Waals surface area contributed by atoms with Gasteiger partial charge in [0.1, 0.15) is 43.7 Å². The molecule has 1 N–H and O–H groups in total. The van der Waals surface area contributed by atoms with E-state index in [0.717, 1.165) is 0 Å². The fourth-order valence-corrected chi connectivity index (χ4v) is 7.65. The number of ether oxygens (including phenoxy) is 6. The van der Waals surface area contributed by atoms with Crippen LogP contribution in [0.2, 0.25) is 0 Å². The van der Waals surface area contributed by atoms with Crippen LogP contribution in [0.25, 0.3) is 0 Å². The Bertz CT molecular complexity index is 1240. The molecule has 1 heterocycles. The molecule has 2 saturated carbocycles. The smallest absolute Gasteiger partial charge is 0.331 e. The molecule has 3 rings (SSSR count). The molecule has 0 aromatic heterocycles. The Hall–Kier alpha value is -3.48. The molecule has 9 atom stereocenters. The van der Waals surface area contributed by atoms with Gasteiger partial charge < -0.3 is 33.5 Å². The van der Waals surface area contributed by atoms with Crippen LogP contribution in [0.5, 0.6) is 0 Å². The van der Waals surface area contributed by atoms with Crippen LogP contribution in [0.3, 0.4) is 0 Å². The van der Waals surface area contributed by atoms with Crippen molar-refractivity contribution < 1.29 is 62.3 Å². The van der Waals surface area contributed by atoms with Crippen LogP contribution < -0.4 is 0 Å². The van der Waals surface area contributed by atoms with Crippen LogP contribution in [-0.2, 0) is 57.2 Å². The summed E-state index contributed by atoms with van der Waals surface area (Å²) in [5, 5.41) is 12.7. The van der Waals surface area contributed by atoms with E-state index in [4.69, 9.17) is 28.4 Å². The van der Waals surface area contributed by atoms with Gasteiger partial charge in [0, 0.05) is 45.3 Å². The zero-order valence-electron chi connectivity index (χ0n) is 28.0. The summed E-state index contributed by atoms with van der Waals surface area (Å²) in [7, 11) is 0.